The molecule has 6 heteroatoms. The second-order valence-electron chi connectivity index (χ2n) is 2.71. The minimum Gasteiger partial charge on any atom is -0.476 e. The maximum atomic E-state index is 10.7. The van der Waals surface area contributed by atoms with Crippen molar-refractivity contribution in [3.8, 4) is 0 Å². The van der Waals surface area contributed by atoms with Crippen LogP contribution < -0.4 is 5.32 Å². The Labute approximate surface area is 90.5 Å². The first-order chi connectivity index (χ1) is 7.11. The van der Waals surface area contributed by atoms with E-state index >= 15 is 0 Å². The van der Waals surface area contributed by atoms with Gasteiger partial charge in [0.15, 0.2) is 5.69 Å². The fourth-order valence-corrected chi connectivity index (χ4v) is 1.60. The molecule has 0 aliphatic heterocycles. The summed E-state index contributed by atoms with van der Waals surface area (Å²) in [6.45, 7) is 1.80. The Morgan fingerprint density at radius 3 is 3.00 bits per heavy atom. The number of nitrogens with one attached hydrogen (secondary N) is 1. The number of carboxylic acids is 1. The number of hydrogen-bond acceptors (Lipinski definition) is 4. The van der Waals surface area contributed by atoms with Crippen molar-refractivity contribution in [3.63, 3.8) is 0 Å². The molecule has 1 heterocycles. The minimum atomic E-state index is -1.05. The van der Waals surface area contributed by atoms with Gasteiger partial charge >= 0.3 is 5.97 Å². The summed E-state index contributed by atoms with van der Waals surface area (Å²) in [6.07, 6.45) is 3.32. The molecule has 0 spiro atoms. The zero-order chi connectivity index (χ0) is 11.3. The first-order valence-corrected chi connectivity index (χ1v) is 5.07. The van der Waals surface area contributed by atoms with E-state index in [9.17, 15) is 9.59 Å². The van der Waals surface area contributed by atoms with E-state index in [0.29, 0.717) is 11.4 Å². The fourth-order valence-electron chi connectivity index (χ4n) is 0.903. The van der Waals surface area contributed by atoms with Crippen molar-refractivity contribution >= 4 is 29.3 Å². The van der Waals surface area contributed by atoms with Gasteiger partial charge in [0.05, 0.1) is 10.4 Å². The van der Waals surface area contributed by atoms with Crippen LogP contribution in [0, 0.1) is 0 Å². The van der Waals surface area contributed by atoms with E-state index in [1.165, 1.54) is 23.8 Å². The third-order valence-corrected chi connectivity index (χ3v) is 2.33. The molecule has 0 saturated carbocycles. The average molecular weight is 226 g/mol. The summed E-state index contributed by atoms with van der Waals surface area (Å²) in [5.41, 5.74) is 1.51. The predicted octanol–water partition coefficient (Wildman–Crippen LogP) is 0.991. The molecule has 1 aromatic heterocycles. The van der Waals surface area contributed by atoms with E-state index in [1.807, 2.05) is 0 Å². The average Bonchev–Trinajstić information content (AvgIpc) is 2.60. The van der Waals surface area contributed by atoms with E-state index < -0.39 is 5.97 Å². The number of aromatic carboxylic acids is 1. The van der Waals surface area contributed by atoms with Gasteiger partial charge in [-0.15, -0.1) is 11.3 Å². The largest absolute Gasteiger partial charge is 0.476 e. The SMILES string of the molecule is CC(=O)NCC=Cc1scnc1C(=O)O. The maximum Gasteiger partial charge on any atom is 0.356 e. The minimum absolute atomic E-state index is 0.0408. The monoisotopic (exact) mass is 226 g/mol. The van der Waals surface area contributed by atoms with Gasteiger partial charge in [-0.25, -0.2) is 9.78 Å². The molecule has 0 aliphatic carbocycles. The second-order valence-corrected chi connectivity index (χ2v) is 3.60. The molecule has 0 unspecified atom stereocenters. The Morgan fingerprint density at radius 2 is 2.40 bits per heavy atom. The van der Waals surface area contributed by atoms with Crippen molar-refractivity contribution in [1.29, 1.82) is 0 Å². The van der Waals surface area contributed by atoms with Crippen LogP contribution in [0.2, 0.25) is 0 Å². The van der Waals surface area contributed by atoms with Crippen LogP contribution in [0.3, 0.4) is 0 Å². The van der Waals surface area contributed by atoms with Gasteiger partial charge in [-0.1, -0.05) is 6.08 Å². The molecule has 0 fully saturated rings. The molecule has 2 N–H and O–H groups in total. The Hall–Kier alpha value is -1.69. The second kappa shape index (κ2) is 5.26. The molecule has 1 rings (SSSR count). The van der Waals surface area contributed by atoms with Crippen LogP contribution >= 0.6 is 11.3 Å². The molecule has 5 nitrogen and oxygen atoms in total. The Balaban J connectivity index is 2.60. The van der Waals surface area contributed by atoms with Gasteiger partial charge in [0.2, 0.25) is 5.91 Å². The quantitative estimate of drug-likeness (QED) is 0.802. The zero-order valence-corrected chi connectivity index (χ0v) is 8.87. The summed E-state index contributed by atoms with van der Waals surface area (Å²) in [6, 6.07) is 0. The van der Waals surface area contributed by atoms with Gasteiger partial charge in [0.1, 0.15) is 0 Å². The van der Waals surface area contributed by atoms with Crippen LogP contribution in [-0.4, -0.2) is 28.5 Å². The Morgan fingerprint density at radius 1 is 1.67 bits per heavy atom. The predicted molar refractivity (Wildman–Crippen MR) is 56.8 cm³/mol. The third-order valence-electron chi connectivity index (χ3n) is 1.54. The lowest BCUT2D eigenvalue weighted by atomic mass is 10.3. The van der Waals surface area contributed by atoms with E-state index in [1.54, 1.807) is 12.2 Å². The number of thiazole rings is 1. The summed E-state index contributed by atoms with van der Waals surface area (Å²) in [5.74, 6) is -1.17. The molecule has 0 aromatic carbocycles. The molecule has 0 radical (unpaired) electrons. The number of nitrogens with zero attached hydrogens (tertiary/aromatic N) is 1. The lowest BCUT2D eigenvalue weighted by Crippen LogP contribution is -2.19. The lowest BCUT2D eigenvalue weighted by Gasteiger charge is -1.94. The molecule has 1 aromatic rings. The first kappa shape index (κ1) is 11.4. The summed E-state index contributed by atoms with van der Waals surface area (Å²) in [5, 5.41) is 11.3. The third kappa shape index (κ3) is 3.51. The van der Waals surface area contributed by atoms with Crippen LogP contribution in [0.25, 0.3) is 6.08 Å². The smallest absolute Gasteiger partial charge is 0.356 e. The van der Waals surface area contributed by atoms with E-state index in [0.717, 1.165) is 0 Å². The van der Waals surface area contributed by atoms with Gasteiger partial charge in [-0.2, -0.15) is 0 Å². The summed E-state index contributed by atoms with van der Waals surface area (Å²) >= 11 is 1.25. The van der Waals surface area contributed by atoms with Gasteiger partial charge in [-0.3, -0.25) is 4.79 Å². The zero-order valence-electron chi connectivity index (χ0n) is 8.06. The molecular formula is C9H10N2O3S. The first-order valence-electron chi connectivity index (χ1n) is 4.19. The van der Waals surface area contributed by atoms with E-state index in [-0.39, 0.29) is 11.6 Å². The molecule has 15 heavy (non-hydrogen) atoms. The highest BCUT2D eigenvalue weighted by Gasteiger charge is 2.10. The van der Waals surface area contributed by atoms with E-state index in [4.69, 9.17) is 5.11 Å². The standard InChI is InChI=1S/C9H10N2O3S/c1-6(12)10-4-2-3-7-8(9(13)14)11-5-15-7/h2-3,5H,4H2,1H3,(H,10,12)(H,13,14). The summed E-state index contributed by atoms with van der Waals surface area (Å²) < 4.78 is 0. The van der Waals surface area contributed by atoms with Crippen LogP contribution in [0.4, 0.5) is 0 Å². The van der Waals surface area contributed by atoms with Gasteiger partial charge in [-0.05, 0) is 6.08 Å². The summed E-state index contributed by atoms with van der Waals surface area (Å²) in [7, 11) is 0. The van der Waals surface area contributed by atoms with Gasteiger partial charge in [0, 0.05) is 13.5 Å². The van der Waals surface area contributed by atoms with Crippen LogP contribution in [-0.2, 0) is 4.79 Å². The Bertz CT molecular complexity index is 398. The van der Waals surface area contributed by atoms with Crippen molar-refractivity contribution in [2.24, 2.45) is 0 Å². The number of aromatic nitrogens is 1. The highest BCUT2D eigenvalue weighted by molar-refractivity contribution is 7.10. The van der Waals surface area contributed by atoms with Crippen molar-refractivity contribution < 1.29 is 14.7 Å². The van der Waals surface area contributed by atoms with Crippen LogP contribution in [0.1, 0.15) is 22.3 Å². The highest BCUT2D eigenvalue weighted by Crippen LogP contribution is 2.14. The molecular weight excluding hydrogens is 216 g/mol. The molecule has 0 saturated heterocycles. The van der Waals surface area contributed by atoms with Crippen molar-refractivity contribution in [2.45, 2.75) is 6.92 Å². The number of hydrogen-bond donors (Lipinski definition) is 2. The van der Waals surface area contributed by atoms with Crippen molar-refractivity contribution in [1.82, 2.24) is 10.3 Å². The van der Waals surface area contributed by atoms with E-state index in [2.05, 4.69) is 10.3 Å². The number of carbonyl (C=O) groups is 2. The molecule has 0 bridgehead atoms. The Kier molecular flexibility index (Phi) is 3.99. The topological polar surface area (TPSA) is 79.3 Å². The molecule has 0 aliphatic rings. The highest BCUT2D eigenvalue weighted by atomic mass is 32.1. The lowest BCUT2D eigenvalue weighted by molar-refractivity contribution is -0.118. The summed E-state index contributed by atoms with van der Waals surface area (Å²) in [4.78, 5) is 25.5. The molecule has 1 amide bonds. The van der Waals surface area contributed by atoms with Crippen molar-refractivity contribution in [2.75, 3.05) is 6.54 Å². The number of carbonyl (C=O) groups excluding carboxylic acids is 1. The maximum absolute atomic E-state index is 10.7. The number of amides is 1. The van der Waals surface area contributed by atoms with Crippen LogP contribution in [0.5, 0.6) is 0 Å². The van der Waals surface area contributed by atoms with Gasteiger partial charge in [0.25, 0.3) is 0 Å². The molecule has 80 valence electrons. The number of rotatable bonds is 4. The van der Waals surface area contributed by atoms with Crippen LogP contribution in [0.15, 0.2) is 11.6 Å². The molecule has 0 atom stereocenters. The van der Waals surface area contributed by atoms with Gasteiger partial charge < -0.3 is 10.4 Å². The number of carboxylic acid groups (broad SMARTS) is 1. The normalized spacial score (nSPS) is 10.5. The van der Waals surface area contributed by atoms with Crippen molar-refractivity contribution in [3.05, 3.63) is 22.2 Å². The fraction of sp³-hybridized carbons (Fsp3) is 0.222.